The van der Waals surface area contributed by atoms with Crippen molar-refractivity contribution in [2.75, 3.05) is 42.8 Å². The van der Waals surface area contributed by atoms with Gasteiger partial charge >= 0.3 is 0 Å². The summed E-state index contributed by atoms with van der Waals surface area (Å²) in [5.41, 5.74) is 2.94. The van der Waals surface area contributed by atoms with Crippen LogP contribution in [0.5, 0.6) is 0 Å². The van der Waals surface area contributed by atoms with E-state index in [0.717, 1.165) is 30.2 Å². The SMILES string of the molecule is COCCn1c(SCC(=O)Nc2ccc(N3CCCCC3)cc2)nnc1-c1ccncc1. The van der Waals surface area contributed by atoms with Gasteiger partial charge in [-0.3, -0.25) is 14.3 Å². The number of carbonyl (C=O) groups is 1. The van der Waals surface area contributed by atoms with Crippen LogP contribution in [-0.2, 0) is 16.1 Å². The number of anilines is 2. The lowest BCUT2D eigenvalue weighted by Gasteiger charge is -2.28. The highest BCUT2D eigenvalue weighted by Gasteiger charge is 2.16. The number of hydrogen-bond donors (Lipinski definition) is 1. The van der Waals surface area contributed by atoms with Crippen molar-refractivity contribution in [2.24, 2.45) is 0 Å². The number of thioether (sulfide) groups is 1. The highest BCUT2D eigenvalue weighted by Crippen LogP contribution is 2.25. The van der Waals surface area contributed by atoms with Crippen LogP contribution >= 0.6 is 11.8 Å². The lowest BCUT2D eigenvalue weighted by molar-refractivity contribution is -0.113. The summed E-state index contributed by atoms with van der Waals surface area (Å²) in [5.74, 6) is 0.906. The number of ether oxygens (including phenoxy) is 1. The van der Waals surface area contributed by atoms with Crippen LogP contribution in [0.1, 0.15) is 19.3 Å². The van der Waals surface area contributed by atoms with Crippen LogP contribution in [0, 0.1) is 0 Å². The number of piperidine rings is 1. The molecule has 2 aromatic heterocycles. The Hall–Kier alpha value is -2.91. The predicted molar refractivity (Wildman–Crippen MR) is 127 cm³/mol. The van der Waals surface area contributed by atoms with Crippen LogP contribution in [-0.4, -0.2) is 58.2 Å². The zero-order chi connectivity index (χ0) is 22.2. The van der Waals surface area contributed by atoms with Gasteiger partial charge in [0.25, 0.3) is 0 Å². The molecule has 0 atom stereocenters. The van der Waals surface area contributed by atoms with Crippen molar-refractivity contribution in [3.8, 4) is 11.4 Å². The summed E-state index contributed by atoms with van der Waals surface area (Å²) in [4.78, 5) is 19.0. The van der Waals surface area contributed by atoms with Crippen molar-refractivity contribution in [3.05, 3.63) is 48.8 Å². The molecule has 3 heterocycles. The number of rotatable bonds is 9. The third-order valence-electron chi connectivity index (χ3n) is 5.38. The Morgan fingerprint density at radius 2 is 1.81 bits per heavy atom. The minimum Gasteiger partial charge on any atom is -0.383 e. The van der Waals surface area contributed by atoms with Crippen LogP contribution in [0.4, 0.5) is 11.4 Å². The minimum atomic E-state index is -0.0764. The monoisotopic (exact) mass is 452 g/mol. The summed E-state index contributed by atoms with van der Waals surface area (Å²) in [6.07, 6.45) is 7.25. The number of aromatic nitrogens is 4. The van der Waals surface area contributed by atoms with Gasteiger partial charge in [-0.1, -0.05) is 11.8 Å². The fraction of sp³-hybridized carbons (Fsp3) is 0.391. The number of benzene rings is 1. The molecule has 32 heavy (non-hydrogen) atoms. The fourth-order valence-electron chi connectivity index (χ4n) is 3.73. The van der Waals surface area contributed by atoms with E-state index in [4.69, 9.17) is 4.74 Å². The van der Waals surface area contributed by atoms with Crippen LogP contribution in [0.3, 0.4) is 0 Å². The highest BCUT2D eigenvalue weighted by atomic mass is 32.2. The van der Waals surface area contributed by atoms with E-state index >= 15 is 0 Å². The zero-order valence-electron chi connectivity index (χ0n) is 18.2. The van der Waals surface area contributed by atoms with Crippen molar-refractivity contribution < 1.29 is 9.53 Å². The first-order chi connectivity index (χ1) is 15.7. The zero-order valence-corrected chi connectivity index (χ0v) is 19.1. The molecule has 1 aliphatic heterocycles. The molecular formula is C23H28N6O2S. The third kappa shape index (κ3) is 5.66. The van der Waals surface area contributed by atoms with Gasteiger partial charge in [-0.25, -0.2) is 0 Å². The van der Waals surface area contributed by atoms with Gasteiger partial charge in [0, 0.05) is 49.5 Å². The summed E-state index contributed by atoms with van der Waals surface area (Å²) in [6.45, 7) is 3.34. The molecule has 0 radical (unpaired) electrons. The lowest BCUT2D eigenvalue weighted by atomic mass is 10.1. The Kier molecular flexibility index (Phi) is 7.73. The molecule has 8 nitrogen and oxygen atoms in total. The molecule has 1 aliphatic rings. The van der Waals surface area contributed by atoms with E-state index in [1.807, 2.05) is 28.8 Å². The van der Waals surface area contributed by atoms with Gasteiger partial charge in [-0.15, -0.1) is 10.2 Å². The third-order valence-corrected chi connectivity index (χ3v) is 6.35. The maximum absolute atomic E-state index is 12.5. The Morgan fingerprint density at radius 1 is 1.06 bits per heavy atom. The predicted octanol–water partition coefficient (Wildman–Crippen LogP) is 3.71. The molecule has 0 spiro atoms. The van der Waals surface area contributed by atoms with Crippen LogP contribution in [0.25, 0.3) is 11.4 Å². The lowest BCUT2D eigenvalue weighted by Crippen LogP contribution is -2.29. The molecule has 1 fully saturated rings. The largest absolute Gasteiger partial charge is 0.383 e. The van der Waals surface area contributed by atoms with Crippen molar-refractivity contribution in [1.82, 2.24) is 19.7 Å². The van der Waals surface area contributed by atoms with Gasteiger partial charge in [0.2, 0.25) is 5.91 Å². The van der Waals surface area contributed by atoms with Crippen LogP contribution < -0.4 is 10.2 Å². The molecule has 0 saturated carbocycles. The van der Waals surface area contributed by atoms with Gasteiger partial charge in [-0.05, 0) is 55.7 Å². The van der Waals surface area contributed by atoms with Crippen molar-refractivity contribution >= 4 is 29.0 Å². The number of amides is 1. The quantitative estimate of drug-likeness (QED) is 0.496. The molecule has 0 unspecified atom stereocenters. The second kappa shape index (κ2) is 11.1. The van der Waals surface area contributed by atoms with Gasteiger partial charge < -0.3 is 15.0 Å². The van der Waals surface area contributed by atoms with Gasteiger partial charge in [0.1, 0.15) is 0 Å². The summed E-state index contributed by atoms with van der Waals surface area (Å²) < 4.78 is 7.21. The molecule has 3 aromatic rings. The Labute approximate surface area is 192 Å². The first-order valence-corrected chi connectivity index (χ1v) is 11.8. The second-order valence-electron chi connectivity index (χ2n) is 7.62. The van der Waals surface area contributed by atoms with E-state index in [1.165, 1.54) is 36.7 Å². The molecule has 0 bridgehead atoms. The number of nitrogens with one attached hydrogen (secondary N) is 1. The smallest absolute Gasteiger partial charge is 0.234 e. The molecule has 1 N–H and O–H groups in total. The van der Waals surface area contributed by atoms with Crippen LogP contribution in [0.2, 0.25) is 0 Å². The average Bonchev–Trinajstić information content (AvgIpc) is 3.25. The minimum absolute atomic E-state index is 0.0764. The van der Waals surface area contributed by atoms with Crippen molar-refractivity contribution in [2.45, 2.75) is 31.0 Å². The van der Waals surface area contributed by atoms with E-state index in [2.05, 4.69) is 37.5 Å². The van der Waals surface area contributed by atoms with Gasteiger partial charge in [-0.2, -0.15) is 0 Å². The van der Waals surface area contributed by atoms with E-state index < -0.39 is 0 Å². The van der Waals surface area contributed by atoms with Gasteiger partial charge in [0.05, 0.1) is 18.9 Å². The topological polar surface area (TPSA) is 85.2 Å². The molecular weight excluding hydrogens is 424 g/mol. The van der Waals surface area contributed by atoms with E-state index in [-0.39, 0.29) is 11.7 Å². The van der Waals surface area contributed by atoms with Crippen LogP contribution in [0.15, 0.2) is 53.9 Å². The number of pyridine rings is 1. The highest BCUT2D eigenvalue weighted by molar-refractivity contribution is 7.99. The van der Waals surface area contributed by atoms with E-state index in [0.29, 0.717) is 18.3 Å². The Morgan fingerprint density at radius 3 is 2.53 bits per heavy atom. The number of carbonyl (C=O) groups excluding carboxylic acids is 1. The van der Waals surface area contributed by atoms with Gasteiger partial charge in [0.15, 0.2) is 11.0 Å². The average molecular weight is 453 g/mol. The molecule has 4 rings (SSSR count). The number of nitrogens with zero attached hydrogens (tertiary/aromatic N) is 5. The molecule has 9 heteroatoms. The summed E-state index contributed by atoms with van der Waals surface area (Å²) in [5, 5.41) is 12.3. The van der Waals surface area contributed by atoms with E-state index in [1.54, 1.807) is 19.5 Å². The number of methoxy groups -OCH3 is 1. The summed E-state index contributed by atoms with van der Waals surface area (Å²) in [6, 6.07) is 11.9. The first-order valence-electron chi connectivity index (χ1n) is 10.8. The molecule has 1 amide bonds. The Balaban J connectivity index is 1.36. The van der Waals surface area contributed by atoms with Crippen molar-refractivity contribution in [1.29, 1.82) is 0 Å². The normalized spacial score (nSPS) is 13.8. The maximum atomic E-state index is 12.5. The molecule has 1 saturated heterocycles. The summed E-state index contributed by atoms with van der Waals surface area (Å²) >= 11 is 1.36. The second-order valence-corrected chi connectivity index (χ2v) is 8.56. The molecule has 0 aliphatic carbocycles. The molecule has 1 aromatic carbocycles. The standard InChI is InChI=1S/C23H28N6O2S/c1-31-16-15-29-22(18-9-11-24-12-10-18)26-27-23(29)32-17-21(30)25-19-5-7-20(8-6-19)28-13-3-2-4-14-28/h5-12H,2-4,13-17H2,1H3,(H,25,30). The van der Waals surface area contributed by atoms with E-state index in [9.17, 15) is 4.79 Å². The van der Waals surface area contributed by atoms with Crippen molar-refractivity contribution in [3.63, 3.8) is 0 Å². The maximum Gasteiger partial charge on any atom is 0.234 e. The molecule has 168 valence electrons. The fourth-order valence-corrected chi connectivity index (χ4v) is 4.49. The first kappa shape index (κ1) is 22.3. The Bertz CT molecular complexity index is 1000. The number of hydrogen-bond acceptors (Lipinski definition) is 7. The summed E-state index contributed by atoms with van der Waals surface area (Å²) in [7, 11) is 1.66.